The number of hydrogen-bond acceptors (Lipinski definition) is 2. The summed E-state index contributed by atoms with van der Waals surface area (Å²) in [5, 5.41) is 0. The van der Waals surface area contributed by atoms with Gasteiger partial charge in [0.25, 0.3) is 0 Å². The smallest absolute Gasteiger partial charge is 0.225 e. The van der Waals surface area contributed by atoms with Gasteiger partial charge in [0.2, 0.25) is 5.91 Å². The topological polar surface area (TPSA) is 46.3 Å². The van der Waals surface area contributed by atoms with E-state index in [1.54, 1.807) is 0 Å². The minimum absolute atomic E-state index is 0.132. The van der Waals surface area contributed by atoms with Crippen LogP contribution in [0.2, 0.25) is 0 Å². The molecule has 2 unspecified atom stereocenters. The van der Waals surface area contributed by atoms with Crippen LogP contribution in [-0.4, -0.2) is 29.9 Å². The Hall–Kier alpha value is -0.570. The predicted octanol–water partition coefficient (Wildman–Crippen LogP) is 2.64. The number of rotatable bonds is 8. The fourth-order valence-corrected chi connectivity index (χ4v) is 2.00. The van der Waals surface area contributed by atoms with Crippen molar-refractivity contribution in [2.75, 3.05) is 13.1 Å². The van der Waals surface area contributed by atoms with Gasteiger partial charge < -0.3 is 10.6 Å². The number of nitrogens with zero attached hydrogens (tertiary/aromatic N) is 1. The molecule has 1 amide bonds. The van der Waals surface area contributed by atoms with Crippen LogP contribution in [0.15, 0.2) is 0 Å². The third-order valence-corrected chi connectivity index (χ3v) is 3.00. The lowest BCUT2D eigenvalue weighted by molar-refractivity contribution is -0.135. The van der Waals surface area contributed by atoms with Gasteiger partial charge in [-0.05, 0) is 32.6 Å². The van der Waals surface area contributed by atoms with Crippen LogP contribution in [0.4, 0.5) is 0 Å². The first-order valence-corrected chi connectivity index (χ1v) is 6.92. The predicted molar refractivity (Wildman–Crippen MR) is 73.8 cm³/mol. The highest BCUT2D eigenvalue weighted by molar-refractivity contribution is 5.78. The van der Waals surface area contributed by atoms with Crippen molar-refractivity contribution in [3.8, 4) is 0 Å². The maximum absolute atomic E-state index is 12.2. The summed E-state index contributed by atoms with van der Waals surface area (Å²) in [5.74, 6) is 0.966. The molecule has 0 aliphatic rings. The van der Waals surface area contributed by atoms with E-state index in [0.717, 1.165) is 32.4 Å². The Balaban J connectivity index is 4.07. The molecule has 0 heterocycles. The van der Waals surface area contributed by atoms with E-state index in [-0.39, 0.29) is 12.0 Å². The highest BCUT2D eigenvalue weighted by Gasteiger charge is 2.19. The third-order valence-electron chi connectivity index (χ3n) is 3.00. The van der Waals surface area contributed by atoms with Crippen molar-refractivity contribution in [2.45, 2.75) is 59.9 Å². The quantitative estimate of drug-likeness (QED) is 0.711. The summed E-state index contributed by atoms with van der Waals surface area (Å²) in [4.78, 5) is 14.2. The lowest BCUT2D eigenvalue weighted by atomic mass is 10.0. The molecule has 3 nitrogen and oxygen atoms in total. The second kappa shape index (κ2) is 8.51. The second-order valence-electron chi connectivity index (χ2n) is 5.58. The zero-order chi connectivity index (χ0) is 13.4. The van der Waals surface area contributed by atoms with E-state index >= 15 is 0 Å². The zero-order valence-corrected chi connectivity index (χ0v) is 12.2. The summed E-state index contributed by atoms with van der Waals surface area (Å²) in [6.07, 6.45) is 3.01. The lowest BCUT2D eigenvalue weighted by Gasteiger charge is -2.26. The van der Waals surface area contributed by atoms with Gasteiger partial charge in [-0.3, -0.25) is 4.79 Å². The maximum atomic E-state index is 12.2. The molecule has 0 rings (SSSR count). The van der Waals surface area contributed by atoms with Crippen LogP contribution >= 0.6 is 0 Å². The lowest BCUT2D eigenvalue weighted by Crippen LogP contribution is -2.37. The number of amides is 1. The van der Waals surface area contributed by atoms with Crippen molar-refractivity contribution in [1.82, 2.24) is 4.90 Å². The van der Waals surface area contributed by atoms with Gasteiger partial charge in [0, 0.05) is 25.0 Å². The van der Waals surface area contributed by atoms with Crippen molar-refractivity contribution in [3.05, 3.63) is 0 Å². The molecule has 0 spiro atoms. The Morgan fingerprint density at radius 3 is 2.18 bits per heavy atom. The van der Waals surface area contributed by atoms with E-state index in [0.29, 0.717) is 11.8 Å². The van der Waals surface area contributed by atoms with Gasteiger partial charge in [0.05, 0.1) is 0 Å². The first-order chi connectivity index (χ1) is 7.88. The summed E-state index contributed by atoms with van der Waals surface area (Å²) < 4.78 is 0. The van der Waals surface area contributed by atoms with Crippen LogP contribution < -0.4 is 5.73 Å². The third kappa shape index (κ3) is 7.37. The van der Waals surface area contributed by atoms with E-state index in [4.69, 9.17) is 5.73 Å². The number of carbonyl (C=O) groups is 1. The van der Waals surface area contributed by atoms with Gasteiger partial charge in [-0.1, -0.05) is 27.2 Å². The van der Waals surface area contributed by atoms with E-state index in [2.05, 4.69) is 20.8 Å². The normalized spacial score (nSPS) is 14.8. The molecule has 0 saturated carbocycles. The van der Waals surface area contributed by atoms with Crippen molar-refractivity contribution in [2.24, 2.45) is 17.6 Å². The second-order valence-corrected chi connectivity index (χ2v) is 5.58. The van der Waals surface area contributed by atoms with Gasteiger partial charge in [0.15, 0.2) is 0 Å². The zero-order valence-electron chi connectivity index (χ0n) is 12.2. The minimum atomic E-state index is 0.132. The van der Waals surface area contributed by atoms with Gasteiger partial charge in [-0.25, -0.2) is 0 Å². The van der Waals surface area contributed by atoms with Crippen LogP contribution in [0.3, 0.4) is 0 Å². The standard InChI is InChI=1S/C14H30N2O/c1-6-16(10-11(2)3)14(17)12(4)8-7-9-13(5)15/h11-13H,6-10,15H2,1-5H3. The molecule has 3 heteroatoms. The highest BCUT2D eigenvalue weighted by atomic mass is 16.2. The van der Waals surface area contributed by atoms with Crippen molar-refractivity contribution in [1.29, 1.82) is 0 Å². The molecule has 0 bridgehead atoms. The maximum Gasteiger partial charge on any atom is 0.225 e. The Kier molecular flexibility index (Phi) is 8.23. The largest absolute Gasteiger partial charge is 0.342 e. The Morgan fingerprint density at radius 2 is 1.76 bits per heavy atom. The monoisotopic (exact) mass is 242 g/mol. The molecule has 0 aromatic heterocycles. The van der Waals surface area contributed by atoms with Crippen molar-refractivity contribution >= 4 is 5.91 Å². The Labute approximate surface area is 107 Å². The van der Waals surface area contributed by atoms with Gasteiger partial charge >= 0.3 is 0 Å². The first-order valence-electron chi connectivity index (χ1n) is 6.92. The van der Waals surface area contributed by atoms with Crippen molar-refractivity contribution < 1.29 is 4.79 Å². The summed E-state index contributed by atoms with van der Waals surface area (Å²) in [7, 11) is 0. The van der Waals surface area contributed by atoms with E-state index in [1.807, 2.05) is 18.7 Å². The van der Waals surface area contributed by atoms with Crippen LogP contribution in [0.1, 0.15) is 53.9 Å². The van der Waals surface area contributed by atoms with Gasteiger partial charge in [0.1, 0.15) is 0 Å². The van der Waals surface area contributed by atoms with Crippen LogP contribution in [0, 0.1) is 11.8 Å². The molecular weight excluding hydrogens is 212 g/mol. The van der Waals surface area contributed by atoms with E-state index in [1.165, 1.54) is 0 Å². The molecule has 17 heavy (non-hydrogen) atoms. The first kappa shape index (κ1) is 16.4. The average molecular weight is 242 g/mol. The average Bonchev–Trinajstić information content (AvgIpc) is 2.23. The van der Waals surface area contributed by atoms with Crippen LogP contribution in [-0.2, 0) is 4.79 Å². The van der Waals surface area contributed by atoms with E-state index < -0.39 is 0 Å². The molecular formula is C14H30N2O. The fraction of sp³-hybridized carbons (Fsp3) is 0.929. The Bertz CT molecular complexity index is 214. The number of carbonyl (C=O) groups excluding carboxylic acids is 1. The molecule has 0 radical (unpaired) electrons. The highest BCUT2D eigenvalue weighted by Crippen LogP contribution is 2.13. The summed E-state index contributed by atoms with van der Waals surface area (Å²) in [6, 6.07) is 0.246. The molecule has 0 aromatic carbocycles. The number of nitrogens with two attached hydrogens (primary N) is 1. The molecule has 0 saturated heterocycles. The number of hydrogen-bond donors (Lipinski definition) is 1. The SMILES string of the molecule is CCN(CC(C)C)C(=O)C(C)CCCC(C)N. The minimum Gasteiger partial charge on any atom is -0.342 e. The van der Waals surface area contributed by atoms with Gasteiger partial charge in [-0.2, -0.15) is 0 Å². The van der Waals surface area contributed by atoms with Crippen LogP contribution in [0.25, 0.3) is 0 Å². The Morgan fingerprint density at radius 1 is 1.18 bits per heavy atom. The molecule has 0 aromatic rings. The summed E-state index contributed by atoms with van der Waals surface area (Å²) in [6.45, 7) is 12.1. The fourth-order valence-electron chi connectivity index (χ4n) is 2.00. The van der Waals surface area contributed by atoms with Crippen molar-refractivity contribution in [3.63, 3.8) is 0 Å². The molecule has 102 valence electrons. The molecule has 0 fully saturated rings. The van der Waals surface area contributed by atoms with E-state index in [9.17, 15) is 4.79 Å². The summed E-state index contributed by atoms with van der Waals surface area (Å²) >= 11 is 0. The molecule has 0 aliphatic heterocycles. The molecule has 0 aliphatic carbocycles. The van der Waals surface area contributed by atoms with Gasteiger partial charge in [-0.15, -0.1) is 0 Å². The molecule has 2 N–H and O–H groups in total. The molecule has 2 atom stereocenters. The van der Waals surface area contributed by atoms with Crippen LogP contribution in [0.5, 0.6) is 0 Å². The summed E-state index contributed by atoms with van der Waals surface area (Å²) in [5.41, 5.74) is 5.71.